The molecule has 0 radical (unpaired) electrons. The van der Waals surface area contributed by atoms with Crippen molar-refractivity contribution in [2.75, 3.05) is 13.2 Å². The van der Waals surface area contributed by atoms with Gasteiger partial charge in [0.1, 0.15) is 0 Å². The van der Waals surface area contributed by atoms with Crippen LogP contribution in [0.25, 0.3) is 0 Å². The summed E-state index contributed by atoms with van der Waals surface area (Å²) in [5, 5.41) is 9.29. The highest BCUT2D eigenvalue weighted by atomic mass is 16.5. The van der Waals surface area contributed by atoms with Crippen molar-refractivity contribution < 1.29 is 4.74 Å². The first kappa shape index (κ1) is 12.2. The van der Waals surface area contributed by atoms with Crippen LogP contribution in [0.15, 0.2) is 48.6 Å². The van der Waals surface area contributed by atoms with Gasteiger partial charge in [-0.1, -0.05) is 48.6 Å². The molecule has 1 unspecified atom stereocenters. The average molecular weight is 251 g/mol. The van der Waals surface area contributed by atoms with Crippen molar-refractivity contribution >= 4 is 0 Å². The van der Waals surface area contributed by atoms with E-state index in [2.05, 4.69) is 37.8 Å². The zero-order chi connectivity index (χ0) is 13.5. The molecule has 0 N–H and O–H groups in total. The van der Waals surface area contributed by atoms with Gasteiger partial charge in [-0.25, -0.2) is 0 Å². The number of fused-ring (bicyclic) bond motifs is 2. The van der Waals surface area contributed by atoms with Gasteiger partial charge in [-0.3, -0.25) is 0 Å². The molecule has 0 aromatic heterocycles. The molecule has 1 fully saturated rings. The van der Waals surface area contributed by atoms with Crippen LogP contribution in [-0.4, -0.2) is 13.2 Å². The maximum atomic E-state index is 9.29. The number of rotatable bonds is 1. The molecule has 1 saturated heterocycles. The lowest BCUT2D eigenvalue weighted by molar-refractivity contribution is 0.182. The van der Waals surface area contributed by atoms with Gasteiger partial charge < -0.3 is 4.74 Å². The number of benzene rings is 1. The first-order valence-corrected chi connectivity index (χ1v) is 6.60. The van der Waals surface area contributed by atoms with Crippen molar-refractivity contribution in [2.24, 2.45) is 5.92 Å². The second-order valence-corrected chi connectivity index (χ2v) is 5.51. The molecule has 2 heteroatoms. The molecule has 1 aromatic rings. The first-order valence-electron chi connectivity index (χ1n) is 6.60. The van der Waals surface area contributed by atoms with E-state index in [9.17, 15) is 5.26 Å². The molecule has 1 aromatic carbocycles. The van der Waals surface area contributed by atoms with Gasteiger partial charge in [0.25, 0.3) is 0 Å². The smallest absolute Gasteiger partial charge is 0.0896 e. The molecule has 1 heterocycles. The maximum absolute atomic E-state index is 9.29. The highest BCUT2D eigenvalue weighted by Gasteiger charge is 2.47. The van der Waals surface area contributed by atoms with E-state index in [-0.39, 0.29) is 11.3 Å². The molecular weight excluding hydrogens is 234 g/mol. The van der Waals surface area contributed by atoms with Gasteiger partial charge in [-0.05, 0) is 18.1 Å². The predicted octanol–water partition coefficient (Wildman–Crippen LogP) is 3.32. The number of allylic oxidation sites excluding steroid dienone is 1. The summed E-state index contributed by atoms with van der Waals surface area (Å²) in [6, 6.07) is 10.6. The molecule has 19 heavy (non-hydrogen) atoms. The Bertz CT molecular complexity index is 596. The van der Waals surface area contributed by atoms with E-state index in [1.807, 2.05) is 18.2 Å². The summed E-state index contributed by atoms with van der Waals surface area (Å²) in [6.45, 7) is 7.57. The van der Waals surface area contributed by atoms with E-state index in [1.165, 1.54) is 5.56 Å². The van der Waals surface area contributed by atoms with Crippen molar-refractivity contribution in [3.05, 3.63) is 59.7 Å². The predicted molar refractivity (Wildman–Crippen MR) is 74.7 cm³/mol. The maximum Gasteiger partial charge on any atom is 0.0896 e. The SMILES string of the molecule is C=C(C)[C@@H]1COC[C@@]12C=CC(C#N)c1ccccc12. The second-order valence-electron chi connectivity index (χ2n) is 5.51. The molecule has 2 nitrogen and oxygen atoms in total. The lowest BCUT2D eigenvalue weighted by atomic mass is 9.64. The Hall–Kier alpha value is -1.85. The number of nitrogens with zero attached hydrogens (tertiary/aromatic N) is 1. The summed E-state index contributed by atoms with van der Waals surface area (Å²) >= 11 is 0. The third kappa shape index (κ3) is 1.66. The zero-order valence-electron chi connectivity index (χ0n) is 11.1. The molecule has 1 spiro atoms. The van der Waals surface area contributed by atoms with Gasteiger partial charge in [-0.2, -0.15) is 5.26 Å². The average Bonchev–Trinajstić information content (AvgIpc) is 2.84. The summed E-state index contributed by atoms with van der Waals surface area (Å²) in [7, 11) is 0. The fourth-order valence-electron chi connectivity index (χ4n) is 3.37. The molecule has 0 saturated carbocycles. The minimum absolute atomic E-state index is 0.129. The fourth-order valence-corrected chi connectivity index (χ4v) is 3.37. The minimum atomic E-state index is -0.145. The quantitative estimate of drug-likeness (QED) is 0.717. The Balaban J connectivity index is 2.19. The molecular formula is C17H17NO. The summed E-state index contributed by atoms with van der Waals surface area (Å²) in [5.41, 5.74) is 3.36. The highest BCUT2D eigenvalue weighted by molar-refractivity contribution is 5.51. The summed E-state index contributed by atoms with van der Waals surface area (Å²) in [4.78, 5) is 0. The molecule has 3 rings (SSSR count). The number of hydrogen-bond acceptors (Lipinski definition) is 2. The van der Waals surface area contributed by atoms with Crippen LogP contribution >= 0.6 is 0 Å². The highest BCUT2D eigenvalue weighted by Crippen LogP contribution is 2.48. The first-order chi connectivity index (χ1) is 9.19. The van der Waals surface area contributed by atoms with Crippen molar-refractivity contribution in [1.82, 2.24) is 0 Å². The van der Waals surface area contributed by atoms with Gasteiger partial charge in [0.15, 0.2) is 0 Å². The molecule has 96 valence electrons. The van der Waals surface area contributed by atoms with Gasteiger partial charge in [0, 0.05) is 11.3 Å². The van der Waals surface area contributed by atoms with E-state index in [0.29, 0.717) is 19.1 Å². The van der Waals surface area contributed by atoms with E-state index >= 15 is 0 Å². The van der Waals surface area contributed by atoms with Crippen molar-refractivity contribution in [3.8, 4) is 6.07 Å². The van der Waals surface area contributed by atoms with Crippen LogP contribution in [0.3, 0.4) is 0 Å². The van der Waals surface area contributed by atoms with Gasteiger partial charge in [0.2, 0.25) is 0 Å². The van der Waals surface area contributed by atoms with E-state index in [1.54, 1.807) is 0 Å². The summed E-state index contributed by atoms with van der Waals surface area (Å²) in [5.74, 6) is 0.151. The Kier molecular flexibility index (Phi) is 2.80. The zero-order valence-corrected chi connectivity index (χ0v) is 11.1. The van der Waals surface area contributed by atoms with E-state index in [4.69, 9.17) is 4.74 Å². The standard InChI is InChI=1S/C17H17NO/c1-12(2)16-10-19-11-17(16)8-7-13(9-18)14-5-3-4-6-15(14)17/h3-8,13,16H,1,10-11H2,2H3/t13?,16-,17+/m0/s1. The van der Waals surface area contributed by atoms with Crippen molar-refractivity contribution in [2.45, 2.75) is 18.3 Å². The summed E-state index contributed by atoms with van der Waals surface area (Å²) < 4.78 is 5.74. The molecule has 1 aliphatic carbocycles. The Morgan fingerprint density at radius 2 is 2.26 bits per heavy atom. The normalized spacial score (nSPS) is 32.0. The summed E-state index contributed by atoms with van der Waals surface area (Å²) in [6.07, 6.45) is 4.20. The Morgan fingerprint density at radius 1 is 1.47 bits per heavy atom. The molecule has 3 atom stereocenters. The monoisotopic (exact) mass is 251 g/mol. The number of nitriles is 1. The van der Waals surface area contributed by atoms with Crippen LogP contribution in [0.4, 0.5) is 0 Å². The minimum Gasteiger partial charge on any atom is -0.380 e. The molecule has 2 aliphatic rings. The van der Waals surface area contributed by atoms with Gasteiger partial charge in [0.05, 0.1) is 25.2 Å². The topological polar surface area (TPSA) is 33.0 Å². The molecule has 0 bridgehead atoms. The number of ether oxygens (including phenoxy) is 1. The largest absolute Gasteiger partial charge is 0.380 e. The van der Waals surface area contributed by atoms with Crippen LogP contribution in [-0.2, 0) is 10.2 Å². The van der Waals surface area contributed by atoms with Crippen LogP contribution in [0.1, 0.15) is 24.0 Å². The lowest BCUT2D eigenvalue weighted by Crippen LogP contribution is -2.36. The molecule has 0 amide bonds. The van der Waals surface area contributed by atoms with E-state index in [0.717, 1.165) is 11.1 Å². The van der Waals surface area contributed by atoms with Crippen LogP contribution in [0, 0.1) is 17.2 Å². The van der Waals surface area contributed by atoms with Crippen molar-refractivity contribution in [1.29, 1.82) is 5.26 Å². The third-order valence-electron chi connectivity index (χ3n) is 4.36. The Labute approximate surface area is 114 Å². The molecule has 1 aliphatic heterocycles. The third-order valence-corrected chi connectivity index (χ3v) is 4.36. The van der Waals surface area contributed by atoms with Crippen LogP contribution in [0.2, 0.25) is 0 Å². The van der Waals surface area contributed by atoms with E-state index < -0.39 is 0 Å². The number of hydrogen-bond donors (Lipinski definition) is 0. The van der Waals surface area contributed by atoms with Crippen LogP contribution < -0.4 is 0 Å². The van der Waals surface area contributed by atoms with Gasteiger partial charge >= 0.3 is 0 Å². The second kappa shape index (κ2) is 4.36. The lowest BCUT2D eigenvalue weighted by Gasteiger charge is -2.37. The fraction of sp³-hybridized carbons (Fsp3) is 0.353. The van der Waals surface area contributed by atoms with Crippen LogP contribution in [0.5, 0.6) is 0 Å². The Morgan fingerprint density at radius 3 is 3.00 bits per heavy atom. The van der Waals surface area contributed by atoms with Crippen molar-refractivity contribution in [3.63, 3.8) is 0 Å². The van der Waals surface area contributed by atoms with Gasteiger partial charge in [-0.15, -0.1) is 0 Å².